The van der Waals surface area contributed by atoms with Gasteiger partial charge >= 0.3 is 0 Å². The zero-order valence-electron chi connectivity index (χ0n) is 12.8. The van der Waals surface area contributed by atoms with Gasteiger partial charge in [-0.2, -0.15) is 0 Å². The fourth-order valence-corrected chi connectivity index (χ4v) is 3.63. The number of benzene rings is 2. The lowest BCUT2D eigenvalue weighted by atomic mass is 9.82. The Bertz CT molecular complexity index is 637. The summed E-state index contributed by atoms with van der Waals surface area (Å²) in [4.78, 5) is 0. The van der Waals surface area contributed by atoms with E-state index in [-0.39, 0.29) is 5.92 Å². The summed E-state index contributed by atoms with van der Waals surface area (Å²) < 4.78 is 0. The first-order chi connectivity index (χ1) is 10.1. The van der Waals surface area contributed by atoms with E-state index in [1.54, 1.807) is 0 Å². The average molecular weight is 281 g/mol. The molecular weight excluding hydrogens is 258 g/mol. The Kier molecular flexibility index (Phi) is 3.83. The molecular formula is C19H23NO. The second kappa shape index (κ2) is 5.63. The molecule has 0 fully saturated rings. The van der Waals surface area contributed by atoms with Crippen LogP contribution in [0, 0.1) is 6.92 Å². The third-order valence-electron chi connectivity index (χ3n) is 4.74. The van der Waals surface area contributed by atoms with Crippen molar-refractivity contribution in [3.05, 3.63) is 70.8 Å². The number of likely N-dealkylation sites (N-methyl/N-ethyl adjacent to an activating group) is 1. The highest BCUT2D eigenvalue weighted by Crippen LogP contribution is 2.42. The predicted molar refractivity (Wildman–Crippen MR) is 86.6 cm³/mol. The molecule has 1 aliphatic carbocycles. The molecule has 2 N–H and O–H groups in total. The fraction of sp³-hybridized carbons (Fsp3) is 0.368. The van der Waals surface area contributed by atoms with E-state index in [4.69, 9.17) is 0 Å². The summed E-state index contributed by atoms with van der Waals surface area (Å²) in [5.74, 6) is 0.155. The van der Waals surface area contributed by atoms with E-state index in [1.165, 1.54) is 22.3 Å². The van der Waals surface area contributed by atoms with E-state index in [0.717, 1.165) is 12.8 Å². The standard InChI is InChI=1S/C19H23NO/c1-14-7-3-4-8-15(14)11-18-17-10-6-5-9-16(17)12-19(18,21)13-20-2/h3-10,18,20-21H,11-13H2,1-2H3/t18-,19+/m0/s1. The minimum Gasteiger partial charge on any atom is -0.388 e. The van der Waals surface area contributed by atoms with Crippen molar-refractivity contribution in [3.8, 4) is 0 Å². The topological polar surface area (TPSA) is 32.3 Å². The number of hydrogen-bond acceptors (Lipinski definition) is 2. The quantitative estimate of drug-likeness (QED) is 0.903. The van der Waals surface area contributed by atoms with Crippen LogP contribution in [0.5, 0.6) is 0 Å². The molecule has 0 aromatic heterocycles. The molecule has 110 valence electrons. The molecule has 2 aromatic rings. The normalized spacial score (nSPS) is 24.0. The lowest BCUT2D eigenvalue weighted by molar-refractivity contribution is 0.0258. The van der Waals surface area contributed by atoms with Crippen LogP contribution in [-0.4, -0.2) is 24.3 Å². The summed E-state index contributed by atoms with van der Waals surface area (Å²) in [5, 5.41) is 14.3. The van der Waals surface area contributed by atoms with E-state index >= 15 is 0 Å². The number of nitrogens with one attached hydrogen (secondary N) is 1. The van der Waals surface area contributed by atoms with Gasteiger partial charge in [-0.3, -0.25) is 0 Å². The van der Waals surface area contributed by atoms with Crippen LogP contribution in [0.25, 0.3) is 0 Å². The van der Waals surface area contributed by atoms with Crippen LogP contribution in [0.1, 0.15) is 28.2 Å². The van der Waals surface area contributed by atoms with E-state index in [1.807, 2.05) is 7.05 Å². The SMILES string of the molecule is CNC[C@]1(O)Cc2ccccc2[C@@H]1Cc1ccccc1C. The summed E-state index contributed by atoms with van der Waals surface area (Å²) >= 11 is 0. The lowest BCUT2D eigenvalue weighted by Gasteiger charge is -2.31. The maximum atomic E-state index is 11.2. The van der Waals surface area contributed by atoms with E-state index in [2.05, 4.69) is 60.8 Å². The van der Waals surface area contributed by atoms with Crippen molar-refractivity contribution in [2.75, 3.05) is 13.6 Å². The van der Waals surface area contributed by atoms with Gasteiger partial charge in [0.25, 0.3) is 0 Å². The highest BCUT2D eigenvalue weighted by atomic mass is 16.3. The largest absolute Gasteiger partial charge is 0.388 e. The highest BCUT2D eigenvalue weighted by Gasteiger charge is 2.43. The van der Waals surface area contributed by atoms with E-state index < -0.39 is 5.60 Å². The zero-order valence-corrected chi connectivity index (χ0v) is 12.8. The third-order valence-corrected chi connectivity index (χ3v) is 4.74. The fourth-order valence-electron chi connectivity index (χ4n) is 3.63. The first-order valence-electron chi connectivity index (χ1n) is 7.63. The minimum atomic E-state index is -0.694. The van der Waals surface area contributed by atoms with Gasteiger partial charge in [0.1, 0.15) is 0 Å². The Hall–Kier alpha value is -1.64. The molecule has 2 atom stereocenters. The second-order valence-electron chi connectivity index (χ2n) is 6.19. The molecule has 0 aliphatic heterocycles. The van der Waals surface area contributed by atoms with Crippen molar-refractivity contribution in [1.82, 2.24) is 5.32 Å². The summed E-state index contributed by atoms with van der Waals surface area (Å²) in [6.07, 6.45) is 1.63. The zero-order chi connectivity index (χ0) is 14.9. The van der Waals surface area contributed by atoms with E-state index in [0.29, 0.717) is 6.54 Å². The Balaban J connectivity index is 1.98. The Morgan fingerprint density at radius 3 is 2.62 bits per heavy atom. The minimum absolute atomic E-state index is 0.155. The molecule has 2 heteroatoms. The first-order valence-corrected chi connectivity index (χ1v) is 7.63. The molecule has 1 aliphatic rings. The van der Waals surface area contributed by atoms with Crippen LogP contribution in [0.3, 0.4) is 0 Å². The number of aryl methyl sites for hydroxylation is 1. The van der Waals surface area contributed by atoms with Gasteiger partial charge in [-0.15, -0.1) is 0 Å². The number of rotatable bonds is 4. The highest BCUT2D eigenvalue weighted by molar-refractivity contribution is 5.42. The maximum Gasteiger partial charge on any atom is 0.0882 e. The van der Waals surface area contributed by atoms with Crippen LogP contribution < -0.4 is 5.32 Å². The monoisotopic (exact) mass is 281 g/mol. The van der Waals surface area contributed by atoms with Gasteiger partial charge in [0.2, 0.25) is 0 Å². The van der Waals surface area contributed by atoms with Crippen molar-refractivity contribution >= 4 is 0 Å². The van der Waals surface area contributed by atoms with Crippen molar-refractivity contribution < 1.29 is 5.11 Å². The molecule has 21 heavy (non-hydrogen) atoms. The van der Waals surface area contributed by atoms with Crippen LogP contribution in [0.4, 0.5) is 0 Å². The molecule has 0 saturated heterocycles. The van der Waals surface area contributed by atoms with Crippen molar-refractivity contribution in [3.63, 3.8) is 0 Å². The predicted octanol–water partition coefficient (Wildman–Crippen LogP) is 2.83. The second-order valence-corrected chi connectivity index (χ2v) is 6.19. The van der Waals surface area contributed by atoms with Crippen LogP contribution >= 0.6 is 0 Å². The molecule has 0 bridgehead atoms. The van der Waals surface area contributed by atoms with Crippen molar-refractivity contribution in [2.24, 2.45) is 0 Å². The van der Waals surface area contributed by atoms with Gasteiger partial charge in [0.15, 0.2) is 0 Å². The van der Waals surface area contributed by atoms with Crippen LogP contribution in [0.2, 0.25) is 0 Å². The van der Waals surface area contributed by atoms with E-state index in [9.17, 15) is 5.11 Å². The third kappa shape index (κ3) is 2.61. The van der Waals surface area contributed by atoms with Gasteiger partial charge in [-0.25, -0.2) is 0 Å². The van der Waals surface area contributed by atoms with Crippen LogP contribution in [-0.2, 0) is 12.8 Å². The maximum absolute atomic E-state index is 11.2. The van der Waals surface area contributed by atoms with Gasteiger partial charge in [-0.05, 0) is 42.6 Å². The molecule has 0 unspecified atom stereocenters. The smallest absolute Gasteiger partial charge is 0.0882 e. The van der Waals surface area contributed by atoms with Gasteiger partial charge < -0.3 is 10.4 Å². The Morgan fingerprint density at radius 2 is 1.86 bits per heavy atom. The molecule has 0 spiro atoms. The molecule has 0 amide bonds. The summed E-state index contributed by atoms with van der Waals surface area (Å²) in [6, 6.07) is 16.9. The lowest BCUT2D eigenvalue weighted by Crippen LogP contribution is -2.43. The molecule has 0 heterocycles. The van der Waals surface area contributed by atoms with Gasteiger partial charge in [0, 0.05) is 18.9 Å². The molecule has 2 nitrogen and oxygen atoms in total. The molecule has 0 saturated carbocycles. The van der Waals surface area contributed by atoms with Crippen molar-refractivity contribution in [1.29, 1.82) is 0 Å². The molecule has 0 radical (unpaired) electrons. The summed E-state index contributed by atoms with van der Waals surface area (Å²) in [5.41, 5.74) is 4.52. The number of hydrogen-bond donors (Lipinski definition) is 2. The first kappa shape index (κ1) is 14.3. The average Bonchev–Trinajstić information content (AvgIpc) is 2.74. The Labute approximate surface area is 126 Å². The summed E-state index contributed by atoms with van der Waals surface area (Å²) in [7, 11) is 1.91. The van der Waals surface area contributed by atoms with Crippen LogP contribution in [0.15, 0.2) is 48.5 Å². The number of fused-ring (bicyclic) bond motifs is 1. The van der Waals surface area contributed by atoms with Gasteiger partial charge in [0.05, 0.1) is 5.60 Å². The molecule has 2 aromatic carbocycles. The number of aliphatic hydroxyl groups is 1. The summed E-state index contributed by atoms with van der Waals surface area (Å²) in [6.45, 7) is 2.77. The van der Waals surface area contributed by atoms with Crippen molar-refractivity contribution in [2.45, 2.75) is 31.3 Å². The molecule has 3 rings (SSSR count). The van der Waals surface area contributed by atoms with Gasteiger partial charge in [-0.1, -0.05) is 48.5 Å². The Morgan fingerprint density at radius 1 is 1.14 bits per heavy atom.